The summed E-state index contributed by atoms with van der Waals surface area (Å²) in [5.41, 5.74) is 1.53. The van der Waals surface area contributed by atoms with Gasteiger partial charge in [0.25, 0.3) is 0 Å². The molecule has 9 heteroatoms. The molecular weight excluding hydrogens is 429 g/mol. The summed E-state index contributed by atoms with van der Waals surface area (Å²) in [6.45, 7) is 1.83. The second-order valence-corrected chi connectivity index (χ2v) is 9.36. The zero-order valence-electron chi connectivity index (χ0n) is 13.5. The maximum atomic E-state index is 12.4. The van der Waals surface area contributed by atoms with Crippen LogP contribution >= 0.6 is 58.5 Å². The lowest BCUT2D eigenvalue weighted by molar-refractivity contribution is -0.115. The Morgan fingerprint density at radius 2 is 1.73 bits per heavy atom. The Balaban J connectivity index is 1.69. The summed E-state index contributed by atoms with van der Waals surface area (Å²) < 4.78 is 3.01. The Bertz CT molecular complexity index is 968. The van der Waals surface area contributed by atoms with Gasteiger partial charge >= 0.3 is 0 Å². The van der Waals surface area contributed by atoms with E-state index in [9.17, 15) is 4.79 Å². The van der Waals surface area contributed by atoms with Crippen LogP contribution in [0, 0.1) is 3.95 Å². The Morgan fingerprint density at radius 3 is 2.35 bits per heavy atom. The van der Waals surface area contributed by atoms with Crippen molar-refractivity contribution in [2.45, 2.75) is 16.5 Å². The molecule has 0 saturated heterocycles. The van der Waals surface area contributed by atoms with Gasteiger partial charge in [0, 0.05) is 15.7 Å². The first-order valence-electron chi connectivity index (χ1n) is 7.51. The number of nitrogens with zero attached hydrogens (tertiary/aromatic N) is 2. The quantitative estimate of drug-likeness (QED) is 0.384. The fourth-order valence-electron chi connectivity index (χ4n) is 2.04. The van der Waals surface area contributed by atoms with E-state index in [2.05, 4.69) is 10.4 Å². The Labute approximate surface area is 174 Å². The van der Waals surface area contributed by atoms with Crippen molar-refractivity contribution >= 4 is 70.1 Å². The number of hydrogen-bond acceptors (Lipinski definition) is 5. The summed E-state index contributed by atoms with van der Waals surface area (Å²) in [4.78, 5) is 12.4. The van der Waals surface area contributed by atoms with Crippen LogP contribution in [0.4, 0.5) is 5.69 Å². The van der Waals surface area contributed by atoms with E-state index in [0.29, 0.717) is 19.7 Å². The molecule has 1 N–H and O–H groups in total. The molecule has 134 valence electrons. The highest BCUT2D eigenvalue weighted by Gasteiger charge is 2.17. The molecule has 3 aromatic rings. The summed E-state index contributed by atoms with van der Waals surface area (Å²) in [7, 11) is 0. The SMILES string of the molecule is CC(Sc1nn(-c2ccc(Cl)cc2)c(=S)s1)C(=O)Nc1ccc(Cl)cc1. The predicted molar refractivity (Wildman–Crippen MR) is 113 cm³/mol. The lowest BCUT2D eigenvalue weighted by atomic mass is 10.3. The van der Waals surface area contributed by atoms with Crippen molar-refractivity contribution in [1.29, 1.82) is 0 Å². The molecule has 1 heterocycles. The van der Waals surface area contributed by atoms with Crippen LogP contribution < -0.4 is 5.32 Å². The van der Waals surface area contributed by atoms with Crippen molar-refractivity contribution < 1.29 is 4.79 Å². The average molecular weight is 442 g/mol. The van der Waals surface area contributed by atoms with Crippen molar-refractivity contribution in [1.82, 2.24) is 9.78 Å². The van der Waals surface area contributed by atoms with Gasteiger partial charge in [0.1, 0.15) is 0 Å². The number of halogens is 2. The first kappa shape index (κ1) is 19.4. The normalized spacial score (nSPS) is 12.0. The molecule has 0 aliphatic carbocycles. The molecule has 0 fully saturated rings. The van der Waals surface area contributed by atoms with Gasteiger partial charge in [0.05, 0.1) is 10.9 Å². The van der Waals surface area contributed by atoms with Crippen LogP contribution in [0.3, 0.4) is 0 Å². The molecule has 0 aliphatic heterocycles. The molecule has 0 radical (unpaired) electrons. The molecule has 1 atom stereocenters. The molecule has 2 aromatic carbocycles. The zero-order chi connectivity index (χ0) is 18.7. The van der Waals surface area contributed by atoms with Crippen LogP contribution in [0.5, 0.6) is 0 Å². The summed E-state index contributed by atoms with van der Waals surface area (Å²) in [6.07, 6.45) is 0. The Kier molecular flexibility index (Phi) is 6.37. The number of anilines is 1. The highest BCUT2D eigenvalue weighted by Crippen LogP contribution is 2.28. The first-order valence-corrected chi connectivity index (χ1v) is 10.4. The largest absolute Gasteiger partial charge is 0.325 e. The summed E-state index contributed by atoms with van der Waals surface area (Å²) >= 11 is 19.9. The molecule has 0 saturated carbocycles. The van der Waals surface area contributed by atoms with E-state index in [4.69, 9.17) is 35.4 Å². The fourth-order valence-corrected chi connectivity index (χ4v) is 4.79. The first-order chi connectivity index (χ1) is 12.4. The van der Waals surface area contributed by atoms with Crippen LogP contribution in [-0.4, -0.2) is 20.9 Å². The van der Waals surface area contributed by atoms with E-state index < -0.39 is 0 Å². The van der Waals surface area contributed by atoms with Gasteiger partial charge < -0.3 is 5.32 Å². The third kappa shape index (κ3) is 4.86. The second-order valence-electron chi connectivity index (χ2n) is 5.28. The van der Waals surface area contributed by atoms with Crippen LogP contribution in [0.25, 0.3) is 5.69 Å². The third-order valence-electron chi connectivity index (χ3n) is 3.36. The van der Waals surface area contributed by atoms with E-state index in [1.165, 1.54) is 23.1 Å². The number of hydrogen-bond donors (Lipinski definition) is 1. The summed E-state index contributed by atoms with van der Waals surface area (Å²) in [6, 6.07) is 14.3. The van der Waals surface area contributed by atoms with Gasteiger partial charge in [-0.25, -0.2) is 4.68 Å². The average Bonchev–Trinajstić information content (AvgIpc) is 2.97. The van der Waals surface area contributed by atoms with E-state index >= 15 is 0 Å². The smallest absolute Gasteiger partial charge is 0.237 e. The fraction of sp³-hybridized carbons (Fsp3) is 0.118. The molecule has 4 nitrogen and oxygen atoms in total. The number of amides is 1. The lowest BCUT2D eigenvalue weighted by Gasteiger charge is -2.10. The number of carbonyl (C=O) groups excluding carboxylic acids is 1. The zero-order valence-corrected chi connectivity index (χ0v) is 17.4. The standard InChI is InChI=1S/C17H13Cl2N3OS3/c1-10(15(23)20-13-6-2-11(18)3-7-13)25-16-21-22(17(24)26-16)14-8-4-12(19)5-9-14/h2-10H,1H3,(H,20,23). The van der Waals surface area contributed by atoms with Crippen LogP contribution in [-0.2, 0) is 4.79 Å². The Hall–Kier alpha value is -1.38. The molecular formula is C17H13Cl2N3OS3. The Morgan fingerprint density at radius 1 is 1.15 bits per heavy atom. The maximum absolute atomic E-state index is 12.4. The molecule has 1 unspecified atom stereocenters. The molecule has 0 bridgehead atoms. The van der Waals surface area contributed by atoms with Crippen LogP contribution in [0.2, 0.25) is 10.0 Å². The van der Waals surface area contributed by atoms with Crippen molar-refractivity contribution in [3.05, 3.63) is 62.5 Å². The minimum absolute atomic E-state index is 0.114. The van der Waals surface area contributed by atoms with Gasteiger partial charge in [-0.3, -0.25) is 4.79 Å². The van der Waals surface area contributed by atoms with Gasteiger partial charge in [0.2, 0.25) is 5.91 Å². The van der Waals surface area contributed by atoms with Gasteiger partial charge in [0.15, 0.2) is 8.29 Å². The minimum atomic E-state index is -0.329. The predicted octanol–water partition coefficient (Wildman–Crippen LogP) is 6.09. The van der Waals surface area contributed by atoms with E-state index in [-0.39, 0.29) is 11.2 Å². The molecule has 0 aliphatic rings. The highest BCUT2D eigenvalue weighted by atomic mass is 35.5. The highest BCUT2D eigenvalue weighted by molar-refractivity contribution is 8.02. The van der Waals surface area contributed by atoms with E-state index in [1.54, 1.807) is 41.1 Å². The number of carbonyl (C=O) groups is 1. The molecule has 3 rings (SSSR count). The van der Waals surface area contributed by atoms with Gasteiger partial charge in [-0.2, -0.15) is 0 Å². The molecule has 26 heavy (non-hydrogen) atoms. The monoisotopic (exact) mass is 441 g/mol. The third-order valence-corrected chi connectivity index (χ3v) is 6.28. The number of benzene rings is 2. The second kappa shape index (κ2) is 8.54. The molecule has 0 spiro atoms. The van der Waals surface area contributed by atoms with Crippen molar-refractivity contribution in [3.63, 3.8) is 0 Å². The van der Waals surface area contributed by atoms with E-state index in [0.717, 1.165) is 10.0 Å². The molecule has 1 aromatic heterocycles. The van der Waals surface area contributed by atoms with Crippen molar-refractivity contribution in [2.24, 2.45) is 0 Å². The topological polar surface area (TPSA) is 46.9 Å². The number of aromatic nitrogens is 2. The number of nitrogens with one attached hydrogen (secondary N) is 1. The molecule has 1 amide bonds. The lowest BCUT2D eigenvalue weighted by Crippen LogP contribution is -2.22. The van der Waals surface area contributed by atoms with Crippen LogP contribution in [0.15, 0.2) is 52.9 Å². The van der Waals surface area contributed by atoms with Gasteiger partial charge in [-0.1, -0.05) is 46.3 Å². The summed E-state index contributed by atoms with van der Waals surface area (Å²) in [5, 5.41) is 8.31. The number of rotatable bonds is 5. The van der Waals surface area contributed by atoms with E-state index in [1.807, 2.05) is 19.1 Å². The van der Waals surface area contributed by atoms with Gasteiger partial charge in [-0.05, 0) is 67.7 Å². The minimum Gasteiger partial charge on any atom is -0.325 e. The van der Waals surface area contributed by atoms with Gasteiger partial charge in [-0.15, -0.1) is 5.10 Å². The number of thioether (sulfide) groups is 1. The van der Waals surface area contributed by atoms with Crippen molar-refractivity contribution in [2.75, 3.05) is 5.32 Å². The van der Waals surface area contributed by atoms with Crippen molar-refractivity contribution in [3.8, 4) is 5.69 Å². The summed E-state index contributed by atoms with van der Waals surface area (Å²) in [5.74, 6) is -0.114. The maximum Gasteiger partial charge on any atom is 0.237 e. The van der Waals surface area contributed by atoms with Crippen LogP contribution in [0.1, 0.15) is 6.92 Å².